The molecule has 0 aliphatic rings. The number of nitrogens with one attached hydrogen (secondary N) is 1. The minimum atomic E-state index is -0.356. The molecule has 0 bridgehead atoms. The largest absolute Gasteiger partial charge is 0.449 e. The summed E-state index contributed by atoms with van der Waals surface area (Å²) in [7, 11) is 0. The van der Waals surface area contributed by atoms with Gasteiger partial charge in [-0.05, 0) is 18.4 Å². The zero-order valence-electron chi connectivity index (χ0n) is 10.1. The Morgan fingerprint density at radius 3 is 2.44 bits per heavy atom. The number of hydrogen-bond donors (Lipinski definition) is 1. The van der Waals surface area contributed by atoms with Gasteiger partial charge in [0.1, 0.15) is 0 Å². The van der Waals surface area contributed by atoms with Gasteiger partial charge in [-0.3, -0.25) is 0 Å². The Morgan fingerprint density at radius 1 is 1.25 bits per heavy atom. The molecule has 1 N–H and O–H groups in total. The number of alkyl carbamates (subject to hydrolysis) is 1. The summed E-state index contributed by atoms with van der Waals surface area (Å²) in [5, 5.41) is 2.79. The molecule has 1 aromatic carbocycles. The van der Waals surface area contributed by atoms with Crippen LogP contribution < -0.4 is 5.32 Å². The van der Waals surface area contributed by atoms with Gasteiger partial charge >= 0.3 is 6.09 Å². The van der Waals surface area contributed by atoms with E-state index in [0.29, 0.717) is 12.5 Å². The van der Waals surface area contributed by atoms with Crippen LogP contribution in [-0.4, -0.2) is 12.7 Å². The molecule has 0 radical (unpaired) electrons. The third kappa shape index (κ3) is 4.34. The van der Waals surface area contributed by atoms with Crippen LogP contribution in [0.15, 0.2) is 30.3 Å². The summed E-state index contributed by atoms with van der Waals surface area (Å²) < 4.78 is 5.05. The summed E-state index contributed by atoms with van der Waals surface area (Å²) in [5.41, 5.74) is 1.07. The van der Waals surface area contributed by atoms with E-state index in [4.69, 9.17) is 4.74 Å². The molecule has 0 aliphatic heterocycles. The van der Waals surface area contributed by atoms with Crippen molar-refractivity contribution < 1.29 is 9.53 Å². The predicted molar refractivity (Wildman–Crippen MR) is 64.2 cm³/mol. The number of amides is 1. The molecule has 0 aliphatic carbocycles. The van der Waals surface area contributed by atoms with E-state index >= 15 is 0 Å². The van der Waals surface area contributed by atoms with Crippen molar-refractivity contribution in [1.82, 2.24) is 5.32 Å². The van der Waals surface area contributed by atoms with Gasteiger partial charge in [-0.25, -0.2) is 4.79 Å². The van der Waals surface area contributed by atoms with Crippen LogP contribution in [0, 0.1) is 5.92 Å². The first-order chi connectivity index (χ1) is 7.59. The molecule has 3 nitrogen and oxygen atoms in total. The van der Waals surface area contributed by atoms with Gasteiger partial charge in [-0.15, -0.1) is 0 Å². The van der Waals surface area contributed by atoms with Crippen molar-refractivity contribution >= 4 is 6.09 Å². The molecule has 0 heterocycles. The Labute approximate surface area is 96.8 Å². The van der Waals surface area contributed by atoms with Crippen LogP contribution in [0.3, 0.4) is 0 Å². The maximum atomic E-state index is 11.4. The van der Waals surface area contributed by atoms with Crippen LogP contribution in [0.5, 0.6) is 0 Å². The fraction of sp³-hybridized carbons (Fsp3) is 0.462. The van der Waals surface area contributed by atoms with Crippen LogP contribution in [0.1, 0.15) is 32.4 Å². The monoisotopic (exact) mass is 221 g/mol. The SMILES string of the molecule is CC(C)COC(=O)N[C@H](C)c1ccccc1. The topological polar surface area (TPSA) is 38.3 Å². The molecule has 0 saturated carbocycles. The van der Waals surface area contributed by atoms with Crippen molar-refractivity contribution in [3.05, 3.63) is 35.9 Å². The van der Waals surface area contributed by atoms with Crippen LogP contribution in [-0.2, 0) is 4.74 Å². The average molecular weight is 221 g/mol. The second kappa shape index (κ2) is 6.16. The van der Waals surface area contributed by atoms with Crippen LogP contribution in [0.25, 0.3) is 0 Å². The molecule has 1 atom stereocenters. The van der Waals surface area contributed by atoms with Crippen molar-refractivity contribution in [3.63, 3.8) is 0 Å². The first-order valence-corrected chi connectivity index (χ1v) is 5.58. The molecule has 88 valence electrons. The van der Waals surface area contributed by atoms with Crippen LogP contribution in [0.4, 0.5) is 4.79 Å². The quantitative estimate of drug-likeness (QED) is 0.848. The van der Waals surface area contributed by atoms with Crippen molar-refractivity contribution in [3.8, 4) is 0 Å². The summed E-state index contributed by atoms with van der Waals surface area (Å²) in [6, 6.07) is 9.79. The highest BCUT2D eigenvalue weighted by molar-refractivity contribution is 5.67. The Bertz CT molecular complexity index is 322. The third-order valence-corrected chi connectivity index (χ3v) is 2.18. The van der Waals surface area contributed by atoms with E-state index in [9.17, 15) is 4.79 Å². The third-order valence-electron chi connectivity index (χ3n) is 2.18. The Morgan fingerprint density at radius 2 is 1.88 bits per heavy atom. The van der Waals surface area contributed by atoms with Gasteiger partial charge < -0.3 is 10.1 Å². The van der Waals surface area contributed by atoms with Crippen LogP contribution in [0.2, 0.25) is 0 Å². The van der Waals surface area contributed by atoms with Gasteiger partial charge in [-0.1, -0.05) is 44.2 Å². The molecule has 3 heteroatoms. The van der Waals surface area contributed by atoms with Crippen molar-refractivity contribution in [2.45, 2.75) is 26.8 Å². The molecule has 0 aromatic heterocycles. The lowest BCUT2D eigenvalue weighted by Crippen LogP contribution is -2.28. The first kappa shape index (κ1) is 12.6. The Balaban J connectivity index is 2.40. The number of hydrogen-bond acceptors (Lipinski definition) is 2. The minimum Gasteiger partial charge on any atom is -0.449 e. The smallest absolute Gasteiger partial charge is 0.407 e. The number of carbonyl (C=O) groups is 1. The van der Waals surface area contributed by atoms with E-state index in [1.54, 1.807) is 0 Å². The Hall–Kier alpha value is -1.51. The van der Waals surface area contributed by atoms with Gasteiger partial charge in [0.15, 0.2) is 0 Å². The zero-order chi connectivity index (χ0) is 12.0. The van der Waals surface area contributed by atoms with Gasteiger partial charge in [0.05, 0.1) is 12.6 Å². The van der Waals surface area contributed by atoms with Crippen molar-refractivity contribution in [2.24, 2.45) is 5.92 Å². The van der Waals surface area contributed by atoms with Gasteiger partial charge in [0.25, 0.3) is 0 Å². The molecule has 0 spiro atoms. The summed E-state index contributed by atoms with van der Waals surface area (Å²) in [6.45, 7) is 6.40. The standard InChI is InChI=1S/C13H19NO2/c1-10(2)9-16-13(15)14-11(3)12-7-5-4-6-8-12/h4-8,10-11H,9H2,1-3H3,(H,14,15)/t11-/m1/s1. The zero-order valence-corrected chi connectivity index (χ0v) is 10.1. The van der Waals surface area contributed by atoms with E-state index < -0.39 is 0 Å². The average Bonchev–Trinajstić information content (AvgIpc) is 2.27. The van der Waals surface area contributed by atoms with Gasteiger partial charge in [0.2, 0.25) is 0 Å². The normalized spacial score (nSPS) is 12.2. The predicted octanol–water partition coefficient (Wildman–Crippen LogP) is 3.13. The van der Waals surface area contributed by atoms with Crippen LogP contribution >= 0.6 is 0 Å². The fourth-order valence-corrected chi connectivity index (χ4v) is 1.29. The van der Waals surface area contributed by atoms with E-state index in [1.807, 2.05) is 51.1 Å². The number of rotatable bonds is 4. The molecule has 16 heavy (non-hydrogen) atoms. The van der Waals surface area contributed by atoms with Crippen molar-refractivity contribution in [2.75, 3.05) is 6.61 Å². The molecule has 0 unspecified atom stereocenters. The van der Waals surface area contributed by atoms with E-state index in [-0.39, 0.29) is 12.1 Å². The molecular weight excluding hydrogens is 202 g/mol. The number of carbonyl (C=O) groups excluding carboxylic acids is 1. The molecule has 0 saturated heterocycles. The fourth-order valence-electron chi connectivity index (χ4n) is 1.29. The second-order valence-corrected chi connectivity index (χ2v) is 4.27. The highest BCUT2D eigenvalue weighted by Gasteiger charge is 2.09. The summed E-state index contributed by atoms with van der Waals surface area (Å²) >= 11 is 0. The summed E-state index contributed by atoms with van der Waals surface area (Å²) in [5.74, 6) is 0.359. The lowest BCUT2D eigenvalue weighted by molar-refractivity contribution is 0.130. The van der Waals surface area contributed by atoms with E-state index in [2.05, 4.69) is 5.32 Å². The molecule has 1 aromatic rings. The maximum Gasteiger partial charge on any atom is 0.407 e. The lowest BCUT2D eigenvalue weighted by Gasteiger charge is -2.15. The number of ether oxygens (including phenoxy) is 1. The van der Waals surface area contributed by atoms with E-state index in [0.717, 1.165) is 5.56 Å². The van der Waals surface area contributed by atoms with Gasteiger partial charge in [-0.2, -0.15) is 0 Å². The molecular formula is C13H19NO2. The molecule has 1 rings (SSSR count). The first-order valence-electron chi connectivity index (χ1n) is 5.58. The maximum absolute atomic E-state index is 11.4. The number of benzene rings is 1. The highest BCUT2D eigenvalue weighted by Crippen LogP contribution is 2.11. The molecule has 1 amide bonds. The second-order valence-electron chi connectivity index (χ2n) is 4.27. The highest BCUT2D eigenvalue weighted by atomic mass is 16.5. The summed E-state index contributed by atoms with van der Waals surface area (Å²) in [6.07, 6.45) is -0.356. The Kier molecular flexibility index (Phi) is 4.83. The minimum absolute atomic E-state index is 0.0270. The molecule has 0 fully saturated rings. The lowest BCUT2D eigenvalue weighted by atomic mass is 10.1. The van der Waals surface area contributed by atoms with Crippen molar-refractivity contribution in [1.29, 1.82) is 0 Å². The van der Waals surface area contributed by atoms with E-state index in [1.165, 1.54) is 0 Å². The summed E-state index contributed by atoms with van der Waals surface area (Å²) in [4.78, 5) is 11.4. The van der Waals surface area contributed by atoms with Gasteiger partial charge in [0, 0.05) is 0 Å².